The van der Waals surface area contributed by atoms with Crippen LogP contribution in [0.4, 0.5) is 10.5 Å². The molecule has 12 heteroatoms. The minimum absolute atomic E-state index is 0.0822. The average Bonchev–Trinajstić information content (AvgIpc) is 3.41. The summed E-state index contributed by atoms with van der Waals surface area (Å²) in [6.07, 6.45) is -0.0518. The van der Waals surface area contributed by atoms with Gasteiger partial charge in [0.2, 0.25) is 23.5 Å². The van der Waals surface area contributed by atoms with Crippen molar-refractivity contribution in [3.05, 3.63) is 66.2 Å². The Hall–Kier alpha value is -4.87. The highest BCUT2D eigenvalue weighted by Gasteiger charge is 2.69. The van der Waals surface area contributed by atoms with Gasteiger partial charge in [-0.15, -0.1) is 0 Å². The minimum atomic E-state index is -0.950. The van der Waals surface area contributed by atoms with Gasteiger partial charge in [-0.2, -0.15) is 0 Å². The Kier molecular flexibility index (Phi) is 13.0. The predicted octanol–water partition coefficient (Wildman–Crippen LogP) is 4.95. The fourth-order valence-corrected chi connectivity index (χ4v) is 7.56. The van der Waals surface area contributed by atoms with E-state index in [0.717, 1.165) is 0 Å². The maximum absolute atomic E-state index is 14.3. The largest absolute Gasteiger partial charge is 0.347 e. The second-order valence-corrected chi connectivity index (χ2v) is 16.2. The number of amides is 5. The first-order chi connectivity index (χ1) is 24.9. The van der Waals surface area contributed by atoms with Gasteiger partial charge < -0.3 is 25.8 Å². The van der Waals surface area contributed by atoms with Gasteiger partial charge >= 0.3 is 6.03 Å². The third-order valence-electron chi connectivity index (χ3n) is 10.7. The molecule has 1 unspecified atom stereocenters. The number of ketones is 3. The number of carbonyl (C=O) groups is 7. The van der Waals surface area contributed by atoms with E-state index in [0.29, 0.717) is 30.6 Å². The summed E-state index contributed by atoms with van der Waals surface area (Å²) in [6, 6.07) is 14.4. The standard InChI is InChI=1S/C41H55N5O7/c1-9-16-26(35(50)29(47)21-22-31(49)43-33(37(51)45(7)8)25-17-12-10-13-18-25)23-30(48)34-32-28(41(32,5)6)24-46(34)38(52)36(40(2,3)4)44-39(53)42-27-19-14-11-15-20-27/h10-15,17-20,26,28,32-34,36H,9,16,21-24H2,1-8H3,(H,43,49)(H2,42,44,53)/t26?,28-,32-,33-,34+,36+/m0/s1. The third kappa shape index (κ3) is 9.77. The van der Waals surface area contributed by atoms with E-state index in [4.69, 9.17) is 0 Å². The smallest absolute Gasteiger partial charge is 0.319 e. The fourth-order valence-electron chi connectivity index (χ4n) is 7.56. The lowest BCUT2D eigenvalue weighted by molar-refractivity contribution is -0.144. The number of anilines is 1. The molecule has 1 aliphatic heterocycles. The molecule has 3 N–H and O–H groups in total. The number of urea groups is 1. The highest BCUT2D eigenvalue weighted by molar-refractivity contribution is 6.38. The van der Waals surface area contributed by atoms with Gasteiger partial charge in [-0.1, -0.05) is 96.5 Å². The number of hydrogen-bond donors (Lipinski definition) is 3. The molecule has 1 aliphatic carbocycles. The van der Waals surface area contributed by atoms with Crippen molar-refractivity contribution in [3.63, 3.8) is 0 Å². The minimum Gasteiger partial charge on any atom is -0.347 e. The van der Waals surface area contributed by atoms with Gasteiger partial charge in [0, 0.05) is 51.5 Å². The van der Waals surface area contributed by atoms with E-state index in [1.807, 2.05) is 33.8 Å². The number of nitrogens with one attached hydrogen (secondary N) is 3. The highest BCUT2D eigenvalue weighted by Crippen LogP contribution is 2.65. The van der Waals surface area contributed by atoms with Crippen LogP contribution in [0.25, 0.3) is 0 Å². The molecule has 2 aliphatic rings. The molecule has 2 fully saturated rings. The number of likely N-dealkylation sites (tertiary alicyclic amines) is 1. The van der Waals surface area contributed by atoms with Crippen molar-refractivity contribution in [2.24, 2.45) is 28.6 Å². The normalized spacial score (nSPS) is 20.2. The van der Waals surface area contributed by atoms with Gasteiger partial charge in [0.15, 0.2) is 11.6 Å². The van der Waals surface area contributed by atoms with E-state index in [1.165, 1.54) is 4.90 Å². The molecular weight excluding hydrogens is 674 g/mol. The first kappa shape index (κ1) is 40.9. The number of likely N-dealkylation sites (N-methyl/N-ethyl adjacent to an activating group) is 1. The maximum atomic E-state index is 14.3. The molecule has 12 nitrogen and oxygen atoms in total. The topological polar surface area (TPSA) is 162 Å². The van der Waals surface area contributed by atoms with Crippen LogP contribution in [0.2, 0.25) is 0 Å². The van der Waals surface area contributed by atoms with Gasteiger partial charge in [0.05, 0.1) is 6.04 Å². The van der Waals surface area contributed by atoms with Crippen LogP contribution >= 0.6 is 0 Å². The van der Waals surface area contributed by atoms with Crippen molar-refractivity contribution in [1.82, 2.24) is 20.4 Å². The molecule has 0 aromatic heterocycles. The third-order valence-corrected chi connectivity index (χ3v) is 10.7. The van der Waals surface area contributed by atoms with Crippen LogP contribution in [-0.2, 0) is 28.8 Å². The highest BCUT2D eigenvalue weighted by atomic mass is 16.2. The second kappa shape index (κ2) is 16.9. The monoisotopic (exact) mass is 729 g/mol. The van der Waals surface area contributed by atoms with Crippen molar-refractivity contribution in [2.75, 3.05) is 26.0 Å². The van der Waals surface area contributed by atoms with Crippen molar-refractivity contribution >= 4 is 46.8 Å². The summed E-state index contributed by atoms with van der Waals surface area (Å²) in [4.78, 5) is 97.0. The van der Waals surface area contributed by atoms with E-state index >= 15 is 0 Å². The molecule has 0 spiro atoms. The molecule has 4 rings (SSSR count). The fraction of sp³-hybridized carbons (Fsp3) is 0.537. The van der Waals surface area contributed by atoms with Gasteiger partial charge in [0.25, 0.3) is 0 Å². The molecule has 1 saturated heterocycles. The maximum Gasteiger partial charge on any atom is 0.319 e. The van der Waals surface area contributed by atoms with E-state index in [2.05, 4.69) is 29.8 Å². The van der Waals surface area contributed by atoms with Crippen molar-refractivity contribution in [2.45, 2.75) is 91.8 Å². The van der Waals surface area contributed by atoms with Crippen LogP contribution in [0.15, 0.2) is 60.7 Å². The number of para-hydroxylation sites is 1. The summed E-state index contributed by atoms with van der Waals surface area (Å²) < 4.78 is 0. The first-order valence-electron chi connectivity index (χ1n) is 18.5. The SMILES string of the molecule is CCCC(CC(=O)[C@@H]1[C@@H]2[C@H](CN1C(=O)[C@@H](NC(=O)Nc1ccccc1)C(C)(C)C)C2(C)C)C(=O)C(=O)CCC(=O)N[C@H](C(=O)N(C)C)c1ccccc1. The Morgan fingerprint density at radius 2 is 1.49 bits per heavy atom. The van der Waals surface area contributed by atoms with Crippen LogP contribution < -0.4 is 16.0 Å². The molecule has 2 aromatic rings. The summed E-state index contributed by atoms with van der Waals surface area (Å²) in [7, 11) is 3.16. The van der Waals surface area contributed by atoms with Crippen molar-refractivity contribution < 1.29 is 33.6 Å². The zero-order valence-electron chi connectivity index (χ0n) is 32.2. The van der Waals surface area contributed by atoms with Crippen LogP contribution in [0.5, 0.6) is 0 Å². The lowest BCUT2D eigenvalue weighted by Crippen LogP contribution is -2.58. The molecule has 286 valence electrons. The quantitative estimate of drug-likeness (QED) is 0.206. The van der Waals surface area contributed by atoms with Crippen LogP contribution in [-0.4, -0.2) is 83.6 Å². The van der Waals surface area contributed by atoms with Gasteiger partial charge in [-0.25, -0.2) is 4.79 Å². The summed E-state index contributed by atoms with van der Waals surface area (Å²) in [5.74, 6) is -3.96. The first-order valence-corrected chi connectivity index (χ1v) is 18.5. The molecule has 2 aromatic carbocycles. The Morgan fingerprint density at radius 3 is 2.06 bits per heavy atom. The lowest BCUT2D eigenvalue weighted by Gasteiger charge is -2.38. The van der Waals surface area contributed by atoms with Crippen LogP contribution in [0.1, 0.15) is 85.3 Å². The number of Topliss-reactive ketones (excluding diaryl/α,β-unsaturated/α-hetero) is 3. The van der Waals surface area contributed by atoms with E-state index in [-0.39, 0.29) is 54.1 Å². The molecular formula is C41H55N5O7. The Balaban J connectivity index is 1.44. The van der Waals surface area contributed by atoms with Gasteiger partial charge in [0.1, 0.15) is 12.1 Å². The average molecular weight is 730 g/mol. The summed E-state index contributed by atoms with van der Waals surface area (Å²) >= 11 is 0. The number of carbonyl (C=O) groups excluding carboxylic acids is 7. The molecule has 6 atom stereocenters. The number of rotatable bonds is 16. The number of benzene rings is 2. The number of nitrogens with zero attached hydrogens (tertiary/aromatic N) is 2. The Morgan fingerprint density at radius 1 is 0.887 bits per heavy atom. The summed E-state index contributed by atoms with van der Waals surface area (Å²) in [6.45, 7) is 11.9. The van der Waals surface area contributed by atoms with Gasteiger partial charge in [-0.3, -0.25) is 28.8 Å². The second-order valence-electron chi connectivity index (χ2n) is 16.2. The number of hydrogen-bond acceptors (Lipinski definition) is 7. The number of fused-ring (bicyclic) bond motifs is 1. The van der Waals surface area contributed by atoms with Gasteiger partial charge in [-0.05, 0) is 46.8 Å². The van der Waals surface area contributed by atoms with Crippen molar-refractivity contribution in [1.29, 1.82) is 0 Å². The van der Waals surface area contributed by atoms with E-state index < -0.39 is 53.0 Å². The van der Waals surface area contributed by atoms with Crippen LogP contribution in [0, 0.1) is 28.6 Å². The van der Waals surface area contributed by atoms with Crippen LogP contribution in [0.3, 0.4) is 0 Å². The lowest BCUT2D eigenvalue weighted by atomic mass is 9.84. The molecule has 0 radical (unpaired) electrons. The van der Waals surface area contributed by atoms with E-state index in [1.54, 1.807) is 73.6 Å². The van der Waals surface area contributed by atoms with Crippen molar-refractivity contribution in [3.8, 4) is 0 Å². The molecule has 53 heavy (non-hydrogen) atoms. The molecule has 1 heterocycles. The van der Waals surface area contributed by atoms with E-state index in [9.17, 15) is 33.6 Å². The summed E-state index contributed by atoms with van der Waals surface area (Å²) in [5.41, 5.74) is 0.274. The Labute approximate surface area is 312 Å². The summed E-state index contributed by atoms with van der Waals surface area (Å²) in [5, 5.41) is 8.29. The Bertz CT molecular complexity index is 1680. The zero-order valence-corrected chi connectivity index (χ0v) is 32.2. The molecule has 0 bridgehead atoms. The zero-order chi connectivity index (χ0) is 39.2. The number of piperidine rings is 1. The molecule has 5 amide bonds. The predicted molar refractivity (Wildman–Crippen MR) is 201 cm³/mol. The molecule has 1 saturated carbocycles.